The number of carbonyl (C=O) groups is 1. The van der Waals surface area contributed by atoms with E-state index in [2.05, 4.69) is 20.1 Å². The van der Waals surface area contributed by atoms with E-state index in [1.165, 1.54) is 6.20 Å². The molecular formula is C13H17N5O3. The average Bonchev–Trinajstić information content (AvgIpc) is 2.92. The zero-order valence-corrected chi connectivity index (χ0v) is 12.2. The predicted octanol–water partition coefficient (Wildman–Crippen LogP) is 0.977. The molecule has 0 atom stereocenters. The van der Waals surface area contributed by atoms with E-state index in [4.69, 9.17) is 9.26 Å². The van der Waals surface area contributed by atoms with Crippen LogP contribution in [-0.4, -0.2) is 44.6 Å². The quantitative estimate of drug-likeness (QED) is 0.782. The topological polar surface area (TPSA) is 94.2 Å². The van der Waals surface area contributed by atoms with Gasteiger partial charge in [0.15, 0.2) is 5.82 Å². The fourth-order valence-electron chi connectivity index (χ4n) is 1.70. The van der Waals surface area contributed by atoms with E-state index in [1.807, 2.05) is 13.8 Å². The zero-order valence-electron chi connectivity index (χ0n) is 12.2. The Labute approximate surface area is 122 Å². The van der Waals surface area contributed by atoms with Crippen LogP contribution in [0, 0.1) is 6.92 Å². The standard InChI is InChI=1S/C13H17N5O3/c1-4-18(7-12-16-11(8-20-3)17-21-12)13(19)10-6-14-9(2)5-15-10/h5-6H,4,7-8H2,1-3H3. The van der Waals surface area contributed by atoms with Crippen LogP contribution in [0.25, 0.3) is 0 Å². The maximum atomic E-state index is 12.3. The van der Waals surface area contributed by atoms with Gasteiger partial charge in [-0.2, -0.15) is 4.98 Å². The highest BCUT2D eigenvalue weighted by atomic mass is 16.5. The summed E-state index contributed by atoms with van der Waals surface area (Å²) in [4.78, 5) is 26.2. The molecule has 1 amide bonds. The maximum absolute atomic E-state index is 12.3. The third kappa shape index (κ3) is 3.82. The summed E-state index contributed by atoms with van der Waals surface area (Å²) in [7, 11) is 1.55. The first-order valence-corrected chi connectivity index (χ1v) is 6.52. The third-order valence-corrected chi connectivity index (χ3v) is 2.78. The van der Waals surface area contributed by atoms with Crippen LogP contribution in [0.15, 0.2) is 16.9 Å². The Kier molecular flexibility index (Phi) is 4.94. The molecule has 112 valence electrons. The summed E-state index contributed by atoms with van der Waals surface area (Å²) in [5.41, 5.74) is 1.05. The second kappa shape index (κ2) is 6.89. The largest absolute Gasteiger partial charge is 0.377 e. The molecule has 0 radical (unpaired) electrons. The van der Waals surface area contributed by atoms with Crippen molar-refractivity contribution >= 4 is 5.91 Å². The summed E-state index contributed by atoms with van der Waals surface area (Å²) in [6.45, 7) is 4.67. The number of aromatic nitrogens is 4. The number of aryl methyl sites for hydroxylation is 1. The fourth-order valence-corrected chi connectivity index (χ4v) is 1.70. The van der Waals surface area contributed by atoms with Crippen LogP contribution in [0.1, 0.15) is 34.8 Å². The molecule has 2 aromatic rings. The lowest BCUT2D eigenvalue weighted by Gasteiger charge is -2.17. The van der Waals surface area contributed by atoms with Gasteiger partial charge in [-0.1, -0.05) is 5.16 Å². The molecule has 2 heterocycles. The molecule has 0 aliphatic heterocycles. The SMILES string of the molecule is CCN(Cc1nc(COC)no1)C(=O)c1cnc(C)cn1. The maximum Gasteiger partial charge on any atom is 0.274 e. The van der Waals surface area contributed by atoms with E-state index >= 15 is 0 Å². The highest BCUT2D eigenvalue weighted by Crippen LogP contribution is 2.07. The number of amides is 1. The number of hydrogen-bond donors (Lipinski definition) is 0. The van der Waals surface area contributed by atoms with Crippen LogP contribution < -0.4 is 0 Å². The van der Waals surface area contributed by atoms with Crippen molar-refractivity contribution in [2.24, 2.45) is 0 Å². The molecule has 21 heavy (non-hydrogen) atoms. The molecule has 0 aromatic carbocycles. The van der Waals surface area contributed by atoms with E-state index in [1.54, 1.807) is 18.2 Å². The van der Waals surface area contributed by atoms with E-state index in [0.717, 1.165) is 5.69 Å². The number of ether oxygens (including phenoxy) is 1. The normalized spacial score (nSPS) is 10.6. The van der Waals surface area contributed by atoms with Crippen LogP contribution in [0.2, 0.25) is 0 Å². The third-order valence-electron chi connectivity index (χ3n) is 2.78. The molecule has 8 heteroatoms. The van der Waals surface area contributed by atoms with Crippen LogP contribution in [-0.2, 0) is 17.9 Å². The second-order valence-corrected chi connectivity index (χ2v) is 4.40. The van der Waals surface area contributed by atoms with Crippen molar-refractivity contribution in [3.8, 4) is 0 Å². The Balaban J connectivity index is 2.07. The first-order chi connectivity index (χ1) is 10.1. The minimum absolute atomic E-state index is 0.224. The van der Waals surface area contributed by atoms with Crippen LogP contribution in [0.5, 0.6) is 0 Å². The van der Waals surface area contributed by atoms with E-state index in [9.17, 15) is 4.79 Å². The Morgan fingerprint density at radius 2 is 2.19 bits per heavy atom. The molecule has 0 spiro atoms. The average molecular weight is 291 g/mol. The first-order valence-electron chi connectivity index (χ1n) is 6.52. The smallest absolute Gasteiger partial charge is 0.274 e. The molecule has 0 bridgehead atoms. The van der Waals surface area contributed by atoms with Crippen molar-refractivity contribution in [2.45, 2.75) is 27.0 Å². The van der Waals surface area contributed by atoms with Gasteiger partial charge in [0, 0.05) is 19.9 Å². The van der Waals surface area contributed by atoms with Crippen molar-refractivity contribution < 1.29 is 14.1 Å². The lowest BCUT2D eigenvalue weighted by molar-refractivity contribution is 0.0728. The molecule has 0 N–H and O–H groups in total. The number of hydrogen-bond acceptors (Lipinski definition) is 7. The number of methoxy groups -OCH3 is 1. The summed E-state index contributed by atoms with van der Waals surface area (Å²) in [5, 5.41) is 3.76. The van der Waals surface area contributed by atoms with Gasteiger partial charge in [-0.25, -0.2) is 4.98 Å². The molecular weight excluding hydrogens is 274 g/mol. The van der Waals surface area contributed by atoms with Crippen molar-refractivity contribution in [1.82, 2.24) is 25.0 Å². The molecule has 0 saturated heterocycles. The second-order valence-electron chi connectivity index (χ2n) is 4.40. The highest BCUT2D eigenvalue weighted by molar-refractivity contribution is 5.91. The Hall–Kier alpha value is -2.35. The van der Waals surface area contributed by atoms with Gasteiger partial charge in [0.25, 0.3) is 5.91 Å². The van der Waals surface area contributed by atoms with Crippen molar-refractivity contribution in [1.29, 1.82) is 0 Å². The summed E-state index contributed by atoms with van der Waals surface area (Å²) >= 11 is 0. The van der Waals surface area contributed by atoms with Crippen LogP contribution >= 0.6 is 0 Å². The van der Waals surface area contributed by atoms with Crippen LogP contribution in [0.3, 0.4) is 0 Å². The molecule has 0 aliphatic carbocycles. The lowest BCUT2D eigenvalue weighted by atomic mass is 10.3. The molecule has 2 rings (SSSR count). The van der Waals surface area contributed by atoms with Crippen molar-refractivity contribution in [2.75, 3.05) is 13.7 Å². The predicted molar refractivity (Wildman–Crippen MR) is 72.2 cm³/mol. The lowest BCUT2D eigenvalue weighted by Crippen LogP contribution is -2.31. The number of carbonyl (C=O) groups excluding carboxylic acids is 1. The molecule has 0 fully saturated rings. The molecule has 0 unspecified atom stereocenters. The molecule has 2 aromatic heterocycles. The zero-order chi connectivity index (χ0) is 15.2. The summed E-state index contributed by atoms with van der Waals surface area (Å²) in [6, 6.07) is 0. The molecule has 0 aliphatic rings. The summed E-state index contributed by atoms with van der Waals surface area (Å²) in [6.07, 6.45) is 3.02. The summed E-state index contributed by atoms with van der Waals surface area (Å²) in [5.74, 6) is 0.583. The molecule has 0 saturated carbocycles. The van der Waals surface area contributed by atoms with Gasteiger partial charge in [-0.3, -0.25) is 9.78 Å². The van der Waals surface area contributed by atoms with Crippen LogP contribution in [0.4, 0.5) is 0 Å². The highest BCUT2D eigenvalue weighted by Gasteiger charge is 2.19. The van der Waals surface area contributed by atoms with E-state index in [0.29, 0.717) is 24.0 Å². The minimum atomic E-state index is -0.225. The van der Waals surface area contributed by atoms with Gasteiger partial charge in [0.1, 0.15) is 18.8 Å². The van der Waals surface area contributed by atoms with Crippen molar-refractivity contribution in [3.63, 3.8) is 0 Å². The van der Waals surface area contributed by atoms with Gasteiger partial charge in [0.05, 0.1) is 11.9 Å². The van der Waals surface area contributed by atoms with Gasteiger partial charge >= 0.3 is 0 Å². The monoisotopic (exact) mass is 291 g/mol. The van der Waals surface area contributed by atoms with Gasteiger partial charge in [0.2, 0.25) is 5.89 Å². The Morgan fingerprint density at radius 1 is 1.38 bits per heavy atom. The Morgan fingerprint density at radius 3 is 2.81 bits per heavy atom. The summed E-state index contributed by atoms with van der Waals surface area (Å²) < 4.78 is 10.0. The Bertz CT molecular complexity index is 596. The molecule has 8 nitrogen and oxygen atoms in total. The van der Waals surface area contributed by atoms with Gasteiger partial charge in [-0.15, -0.1) is 0 Å². The van der Waals surface area contributed by atoms with Gasteiger partial charge in [-0.05, 0) is 13.8 Å². The van der Waals surface area contributed by atoms with Gasteiger partial charge < -0.3 is 14.2 Å². The number of nitrogens with zero attached hydrogens (tertiary/aromatic N) is 5. The van der Waals surface area contributed by atoms with Crippen molar-refractivity contribution in [3.05, 3.63) is 35.5 Å². The minimum Gasteiger partial charge on any atom is -0.377 e. The number of rotatable bonds is 6. The first kappa shape index (κ1) is 15.0. The van der Waals surface area contributed by atoms with E-state index in [-0.39, 0.29) is 19.1 Å². The fraction of sp³-hybridized carbons (Fsp3) is 0.462. The van der Waals surface area contributed by atoms with E-state index < -0.39 is 0 Å².